The van der Waals surface area contributed by atoms with E-state index in [1.165, 1.54) is 6.07 Å². The lowest BCUT2D eigenvalue weighted by atomic mass is 9.77. The van der Waals surface area contributed by atoms with E-state index in [0.29, 0.717) is 17.0 Å². The van der Waals surface area contributed by atoms with Gasteiger partial charge in [0.2, 0.25) is 0 Å². The smallest absolute Gasteiger partial charge is 0.130 e. The lowest BCUT2D eigenvalue weighted by molar-refractivity contribution is -0.0527. The molecule has 3 atom stereocenters. The zero-order valence-electron chi connectivity index (χ0n) is 9.50. The summed E-state index contributed by atoms with van der Waals surface area (Å²) in [4.78, 5) is 2.33. The zero-order chi connectivity index (χ0) is 12.0. The Morgan fingerprint density at radius 1 is 1.41 bits per heavy atom. The average molecular weight is 256 g/mol. The van der Waals surface area contributed by atoms with Crippen molar-refractivity contribution in [3.05, 3.63) is 34.6 Å². The second-order valence-electron chi connectivity index (χ2n) is 5.08. The molecule has 17 heavy (non-hydrogen) atoms. The van der Waals surface area contributed by atoms with Crippen molar-refractivity contribution in [2.45, 2.75) is 18.4 Å². The molecular weight excluding hydrogens is 241 g/mol. The molecule has 1 aromatic carbocycles. The van der Waals surface area contributed by atoms with Gasteiger partial charge in [0.1, 0.15) is 5.82 Å². The van der Waals surface area contributed by atoms with Crippen LogP contribution in [0.3, 0.4) is 0 Å². The van der Waals surface area contributed by atoms with Gasteiger partial charge in [-0.15, -0.1) is 0 Å². The van der Waals surface area contributed by atoms with Crippen molar-refractivity contribution in [3.8, 4) is 0 Å². The van der Waals surface area contributed by atoms with Gasteiger partial charge in [-0.25, -0.2) is 4.39 Å². The van der Waals surface area contributed by atoms with E-state index in [-0.39, 0.29) is 11.7 Å². The van der Waals surface area contributed by atoms with Gasteiger partial charge in [-0.2, -0.15) is 0 Å². The number of fused-ring (bicyclic) bond motifs is 2. The van der Waals surface area contributed by atoms with Gasteiger partial charge in [0, 0.05) is 29.6 Å². The molecule has 2 fully saturated rings. The number of benzene rings is 1. The van der Waals surface area contributed by atoms with Crippen LogP contribution in [0.4, 0.5) is 4.39 Å². The van der Waals surface area contributed by atoms with Gasteiger partial charge in [-0.05, 0) is 31.5 Å². The first-order valence-electron chi connectivity index (χ1n) is 6.00. The number of aliphatic hydroxyl groups is 1. The maximum Gasteiger partial charge on any atom is 0.130 e. The van der Waals surface area contributed by atoms with Crippen LogP contribution in [0.5, 0.6) is 0 Å². The summed E-state index contributed by atoms with van der Waals surface area (Å²) in [5, 5.41) is 11.2. The van der Waals surface area contributed by atoms with E-state index in [2.05, 4.69) is 4.90 Å². The average Bonchev–Trinajstić information content (AvgIpc) is 2.69. The Bertz CT molecular complexity index is 453. The number of hydrogen-bond acceptors (Lipinski definition) is 2. The molecule has 1 aromatic rings. The molecule has 0 radical (unpaired) electrons. The van der Waals surface area contributed by atoms with Crippen LogP contribution in [-0.2, 0) is 5.60 Å². The van der Waals surface area contributed by atoms with Gasteiger partial charge in [0.25, 0.3) is 0 Å². The number of piperidine rings is 1. The van der Waals surface area contributed by atoms with Gasteiger partial charge in [-0.1, -0.05) is 17.7 Å². The van der Waals surface area contributed by atoms with E-state index in [4.69, 9.17) is 11.6 Å². The molecule has 3 unspecified atom stereocenters. The second-order valence-corrected chi connectivity index (χ2v) is 5.52. The summed E-state index contributed by atoms with van der Waals surface area (Å²) in [6, 6.07) is 4.57. The van der Waals surface area contributed by atoms with Crippen LogP contribution in [-0.4, -0.2) is 29.6 Å². The summed E-state index contributed by atoms with van der Waals surface area (Å²) in [6.07, 6.45) is 1.55. The minimum atomic E-state index is -1.01. The molecule has 2 nitrogen and oxygen atoms in total. The molecule has 0 spiro atoms. The Kier molecular flexibility index (Phi) is 2.65. The second kappa shape index (κ2) is 3.94. The Morgan fingerprint density at radius 3 is 3.00 bits per heavy atom. The van der Waals surface area contributed by atoms with Crippen molar-refractivity contribution in [1.82, 2.24) is 4.90 Å². The van der Waals surface area contributed by atoms with Crippen LogP contribution in [0.2, 0.25) is 5.02 Å². The van der Waals surface area contributed by atoms with Crippen molar-refractivity contribution in [3.63, 3.8) is 0 Å². The fraction of sp³-hybridized carbons (Fsp3) is 0.538. The van der Waals surface area contributed by atoms with Crippen molar-refractivity contribution >= 4 is 11.6 Å². The third kappa shape index (κ3) is 1.77. The maximum absolute atomic E-state index is 13.9. The lowest BCUT2D eigenvalue weighted by Crippen LogP contribution is -2.44. The molecule has 0 aliphatic carbocycles. The predicted octanol–water partition coefficient (Wildman–Crippen LogP) is 2.39. The van der Waals surface area contributed by atoms with E-state index in [9.17, 15) is 9.50 Å². The Hall–Kier alpha value is -0.640. The summed E-state index contributed by atoms with van der Waals surface area (Å²) in [7, 11) is 0. The Morgan fingerprint density at radius 2 is 2.24 bits per heavy atom. The fourth-order valence-electron chi connectivity index (χ4n) is 3.15. The normalized spacial score (nSPS) is 36.2. The monoisotopic (exact) mass is 255 g/mol. The molecule has 2 saturated heterocycles. The highest BCUT2D eigenvalue weighted by Gasteiger charge is 2.47. The van der Waals surface area contributed by atoms with Gasteiger partial charge in [-0.3, -0.25) is 0 Å². The zero-order valence-corrected chi connectivity index (χ0v) is 10.3. The van der Waals surface area contributed by atoms with Crippen LogP contribution >= 0.6 is 11.6 Å². The molecule has 1 N–H and O–H groups in total. The highest BCUT2D eigenvalue weighted by Crippen LogP contribution is 2.43. The van der Waals surface area contributed by atoms with Gasteiger partial charge in [0.15, 0.2) is 0 Å². The van der Waals surface area contributed by atoms with E-state index in [1.807, 2.05) is 0 Å². The van der Waals surface area contributed by atoms with Crippen LogP contribution in [0.1, 0.15) is 18.4 Å². The SMILES string of the molecule is OC1(c2ccc(Cl)cc2F)CCN2CCC1C2. The highest BCUT2D eigenvalue weighted by molar-refractivity contribution is 6.30. The third-order valence-corrected chi connectivity index (χ3v) is 4.39. The fourth-order valence-corrected chi connectivity index (χ4v) is 3.31. The number of nitrogens with zero attached hydrogens (tertiary/aromatic N) is 1. The Balaban J connectivity index is 2.01. The summed E-state index contributed by atoms with van der Waals surface area (Å²) >= 11 is 5.75. The van der Waals surface area contributed by atoms with Crippen molar-refractivity contribution in [1.29, 1.82) is 0 Å². The quantitative estimate of drug-likeness (QED) is 0.833. The van der Waals surface area contributed by atoms with Crippen molar-refractivity contribution in [2.24, 2.45) is 5.92 Å². The standard InChI is InChI=1S/C13H15ClFNO/c14-10-1-2-11(12(15)7-10)13(17)4-6-16-5-3-9(13)8-16/h1-2,7,9,17H,3-6,8H2. The van der Waals surface area contributed by atoms with E-state index in [1.54, 1.807) is 12.1 Å². The molecule has 0 saturated carbocycles. The van der Waals surface area contributed by atoms with Gasteiger partial charge >= 0.3 is 0 Å². The first-order chi connectivity index (χ1) is 8.09. The van der Waals surface area contributed by atoms with Crippen molar-refractivity contribution in [2.75, 3.05) is 19.6 Å². The Labute approximate surface area is 105 Å². The van der Waals surface area contributed by atoms with E-state index < -0.39 is 5.60 Å². The lowest BCUT2D eigenvalue weighted by Gasteiger charge is -2.39. The van der Waals surface area contributed by atoms with Crippen LogP contribution in [0.25, 0.3) is 0 Å². The van der Waals surface area contributed by atoms with Crippen LogP contribution in [0, 0.1) is 11.7 Å². The molecule has 2 bridgehead atoms. The topological polar surface area (TPSA) is 23.5 Å². The summed E-state index contributed by atoms with van der Waals surface area (Å²) in [5.74, 6) is -0.243. The number of rotatable bonds is 1. The maximum atomic E-state index is 13.9. The largest absolute Gasteiger partial charge is 0.385 e. The highest BCUT2D eigenvalue weighted by atomic mass is 35.5. The first kappa shape index (κ1) is 11.5. The molecule has 92 valence electrons. The third-order valence-electron chi connectivity index (χ3n) is 4.15. The van der Waals surface area contributed by atoms with Gasteiger partial charge < -0.3 is 10.0 Å². The molecule has 3 rings (SSSR count). The van der Waals surface area contributed by atoms with Crippen LogP contribution < -0.4 is 0 Å². The molecular formula is C13H15ClFNO. The predicted molar refractivity (Wildman–Crippen MR) is 64.5 cm³/mol. The van der Waals surface area contributed by atoms with Crippen LogP contribution in [0.15, 0.2) is 18.2 Å². The molecule has 2 aliphatic heterocycles. The summed E-state index contributed by atoms with van der Waals surface area (Å²) < 4.78 is 13.9. The molecule has 0 aromatic heterocycles. The minimum Gasteiger partial charge on any atom is -0.385 e. The number of halogens is 2. The molecule has 2 aliphatic rings. The number of hydrogen-bond donors (Lipinski definition) is 1. The molecule has 4 heteroatoms. The van der Waals surface area contributed by atoms with Gasteiger partial charge in [0.05, 0.1) is 5.60 Å². The first-order valence-corrected chi connectivity index (χ1v) is 6.37. The summed E-state index contributed by atoms with van der Waals surface area (Å²) in [5.41, 5.74) is -0.602. The van der Waals surface area contributed by atoms with E-state index in [0.717, 1.165) is 26.1 Å². The molecule has 2 heterocycles. The van der Waals surface area contributed by atoms with Crippen molar-refractivity contribution < 1.29 is 9.50 Å². The van der Waals surface area contributed by atoms with E-state index >= 15 is 0 Å². The molecule has 0 amide bonds. The summed E-state index contributed by atoms with van der Waals surface area (Å²) in [6.45, 7) is 2.73. The minimum absolute atomic E-state index is 0.145.